The van der Waals surface area contributed by atoms with Crippen LogP contribution in [0.15, 0.2) is 65.7 Å². The van der Waals surface area contributed by atoms with Crippen molar-refractivity contribution in [3.63, 3.8) is 0 Å². The van der Waals surface area contributed by atoms with E-state index in [1.165, 1.54) is 119 Å². The second-order valence-electron chi connectivity index (χ2n) is 13.3. The number of nitrogens with zero attached hydrogens (tertiary/aromatic N) is 2. The van der Waals surface area contributed by atoms with Gasteiger partial charge in [-0.15, -0.1) is 0 Å². The number of hydrogen-bond acceptors (Lipinski definition) is 3. The largest absolute Gasteiger partial charge is 0.459 e. The molecule has 3 aromatic rings. The zero-order chi connectivity index (χ0) is 29.3. The first-order valence-electron chi connectivity index (χ1n) is 17.2. The Hall–Kier alpha value is -2.81. The van der Waals surface area contributed by atoms with E-state index in [9.17, 15) is 0 Å². The van der Waals surface area contributed by atoms with Gasteiger partial charge in [-0.2, -0.15) is 0 Å². The van der Waals surface area contributed by atoms with Gasteiger partial charge in [0.05, 0.1) is 11.6 Å². The van der Waals surface area contributed by atoms with Crippen molar-refractivity contribution in [2.24, 2.45) is 4.99 Å². The lowest BCUT2D eigenvalue weighted by Crippen LogP contribution is -2.62. The van der Waals surface area contributed by atoms with Gasteiger partial charge in [0.1, 0.15) is 11.4 Å². The van der Waals surface area contributed by atoms with Crippen LogP contribution in [0.2, 0.25) is 0 Å². The standard InChI is InChI=1S/C39H54N2O/c1-4-5-6-7-8-9-10-11-12-13-14-15-16-17-18-23-30-41-35-27-22-21-26-34(35)38(2,3)39(41)31-40-37-33-25-20-19-24-32(33)28-29-36(37)42-39/h19-22,24-29,31H,4-18,23,30H2,1-3H3/t39-/m1/s1. The molecule has 3 nitrogen and oxygen atoms in total. The van der Waals surface area contributed by atoms with Crippen LogP contribution in [0.4, 0.5) is 11.4 Å². The molecular weight excluding hydrogens is 512 g/mol. The van der Waals surface area contributed by atoms with Crippen LogP contribution in [0.1, 0.15) is 129 Å². The molecule has 2 aliphatic heterocycles. The third-order valence-electron chi connectivity index (χ3n) is 9.90. The highest BCUT2D eigenvalue weighted by Crippen LogP contribution is 2.54. The number of para-hydroxylation sites is 1. The summed E-state index contributed by atoms with van der Waals surface area (Å²) in [5, 5.41) is 2.35. The van der Waals surface area contributed by atoms with Crippen LogP contribution in [0.5, 0.6) is 5.75 Å². The molecule has 0 saturated carbocycles. The Balaban J connectivity index is 1.10. The molecule has 1 spiro atoms. The molecule has 0 radical (unpaired) electrons. The lowest BCUT2D eigenvalue weighted by atomic mass is 9.77. The maximum Gasteiger partial charge on any atom is 0.228 e. The number of aliphatic imine (C=N–C) groups is 1. The molecule has 2 heterocycles. The highest BCUT2D eigenvalue weighted by molar-refractivity contribution is 5.99. The van der Waals surface area contributed by atoms with Gasteiger partial charge in [0.2, 0.25) is 5.72 Å². The number of unbranched alkanes of at least 4 members (excludes halogenated alkanes) is 15. The summed E-state index contributed by atoms with van der Waals surface area (Å²) in [6.07, 6.45) is 24.3. The normalized spacial score (nSPS) is 18.4. The lowest BCUT2D eigenvalue weighted by Gasteiger charge is -2.46. The summed E-state index contributed by atoms with van der Waals surface area (Å²) in [7, 11) is 0. The van der Waals surface area contributed by atoms with Gasteiger partial charge in [-0.3, -0.25) is 4.99 Å². The van der Waals surface area contributed by atoms with Crippen molar-refractivity contribution in [2.45, 2.75) is 135 Å². The summed E-state index contributed by atoms with van der Waals surface area (Å²) >= 11 is 0. The molecule has 1 atom stereocenters. The van der Waals surface area contributed by atoms with E-state index in [-0.39, 0.29) is 5.41 Å². The van der Waals surface area contributed by atoms with Crippen molar-refractivity contribution in [3.05, 3.63) is 66.2 Å². The Kier molecular flexibility index (Phi) is 10.6. The van der Waals surface area contributed by atoms with Crippen molar-refractivity contribution < 1.29 is 4.74 Å². The summed E-state index contributed by atoms with van der Waals surface area (Å²) < 4.78 is 7.05. The maximum atomic E-state index is 7.05. The van der Waals surface area contributed by atoms with Gasteiger partial charge in [0, 0.05) is 17.6 Å². The molecule has 0 unspecified atom stereocenters. The fourth-order valence-corrected chi connectivity index (χ4v) is 7.26. The summed E-state index contributed by atoms with van der Waals surface area (Å²) in [4.78, 5) is 7.63. The molecule has 3 aromatic carbocycles. The molecule has 3 heteroatoms. The van der Waals surface area contributed by atoms with Gasteiger partial charge in [0.25, 0.3) is 0 Å². The molecular formula is C39H54N2O. The minimum atomic E-state index is -0.623. The Bertz CT molecular complexity index is 1310. The third-order valence-corrected chi connectivity index (χ3v) is 9.90. The first kappa shape index (κ1) is 30.6. The number of benzene rings is 3. The molecule has 0 aliphatic carbocycles. The number of hydrogen-bond donors (Lipinski definition) is 0. The topological polar surface area (TPSA) is 24.8 Å². The van der Waals surface area contributed by atoms with Gasteiger partial charge in [0.15, 0.2) is 0 Å². The average molecular weight is 567 g/mol. The highest BCUT2D eigenvalue weighted by atomic mass is 16.5. The van der Waals surface area contributed by atoms with Crippen LogP contribution in [0.3, 0.4) is 0 Å². The van der Waals surface area contributed by atoms with Crippen LogP contribution >= 0.6 is 0 Å². The van der Waals surface area contributed by atoms with Crippen molar-refractivity contribution in [2.75, 3.05) is 11.4 Å². The molecule has 42 heavy (non-hydrogen) atoms. The highest BCUT2D eigenvalue weighted by Gasteiger charge is 2.59. The average Bonchev–Trinajstić information content (AvgIpc) is 3.19. The number of anilines is 1. The van der Waals surface area contributed by atoms with Crippen LogP contribution in [0.25, 0.3) is 10.8 Å². The monoisotopic (exact) mass is 566 g/mol. The van der Waals surface area contributed by atoms with Crippen LogP contribution < -0.4 is 9.64 Å². The Morgan fingerprint density at radius 1 is 0.643 bits per heavy atom. The number of fused-ring (bicyclic) bond motifs is 4. The summed E-state index contributed by atoms with van der Waals surface area (Å²) in [5.41, 5.74) is 2.73. The fourth-order valence-electron chi connectivity index (χ4n) is 7.26. The van der Waals surface area contributed by atoms with E-state index in [1.54, 1.807) is 0 Å². The quantitative estimate of drug-likeness (QED) is 0.152. The molecule has 226 valence electrons. The van der Waals surface area contributed by atoms with Gasteiger partial charge >= 0.3 is 0 Å². The van der Waals surface area contributed by atoms with Crippen LogP contribution in [-0.2, 0) is 5.41 Å². The van der Waals surface area contributed by atoms with Crippen molar-refractivity contribution in [3.8, 4) is 5.75 Å². The van der Waals surface area contributed by atoms with Crippen LogP contribution in [0, 0.1) is 0 Å². The van der Waals surface area contributed by atoms with E-state index in [1.807, 2.05) is 0 Å². The molecule has 0 bridgehead atoms. The zero-order valence-corrected chi connectivity index (χ0v) is 26.7. The SMILES string of the molecule is CCCCCCCCCCCCCCCCCCN1c2ccccc2C(C)(C)[C@]12C=Nc1c(ccc3ccccc13)O2. The first-order chi connectivity index (χ1) is 20.6. The van der Waals surface area contributed by atoms with Crippen molar-refractivity contribution in [1.82, 2.24) is 0 Å². The Labute approximate surface area is 255 Å². The van der Waals surface area contributed by atoms with E-state index >= 15 is 0 Å². The number of ether oxygens (including phenoxy) is 1. The molecule has 0 amide bonds. The molecule has 5 rings (SSSR count). The van der Waals surface area contributed by atoms with Crippen molar-refractivity contribution in [1.29, 1.82) is 0 Å². The maximum absolute atomic E-state index is 7.05. The number of rotatable bonds is 17. The predicted molar refractivity (Wildman–Crippen MR) is 182 cm³/mol. The van der Waals surface area contributed by atoms with E-state index in [0.717, 1.165) is 23.4 Å². The second-order valence-corrected chi connectivity index (χ2v) is 13.3. The molecule has 0 fully saturated rings. The molecule has 0 N–H and O–H groups in total. The minimum Gasteiger partial charge on any atom is -0.459 e. The lowest BCUT2D eigenvalue weighted by molar-refractivity contribution is 0.0774. The Morgan fingerprint density at radius 3 is 1.88 bits per heavy atom. The fraction of sp³-hybridized carbons (Fsp3) is 0.564. The smallest absolute Gasteiger partial charge is 0.228 e. The van der Waals surface area contributed by atoms with Gasteiger partial charge in [-0.05, 0) is 43.4 Å². The predicted octanol–water partition coefficient (Wildman–Crippen LogP) is 11.7. The van der Waals surface area contributed by atoms with E-state index < -0.39 is 5.72 Å². The summed E-state index contributed by atoms with van der Waals surface area (Å²) in [6, 6.07) is 21.6. The zero-order valence-electron chi connectivity index (χ0n) is 26.7. The van der Waals surface area contributed by atoms with E-state index in [2.05, 4.69) is 92.5 Å². The van der Waals surface area contributed by atoms with Gasteiger partial charge < -0.3 is 9.64 Å². The van der Waals surface area contributed by atoms with E-state index in [0.29, 0.717) is 0 Å². The summed E-state index contributed by atoms with van der Waals surface area (Å²) in [6.45, 7) is 7.91. The molecule has 2 aliphatic rings. The molecule has 0 aromatic heterocycles. The minimum absolute atomic E-state index is 0.231. The Morgan fingerprint density at radius 2 is 1.21 bits per heavy atom. The van der Waals surface area contributed by atoms with Gasteiger partial charge in [-0.1, -0.05) is 152 Å². The van der Waals surface area contributed by atoms with Crippen LogP contribution in [-0.4, -0.2) is 18.5 Å². The third kappa shape index (κ3) is 6.56. The first-order valence-corrected chi connectivity index (χ1v) is 17.2. The molecule has 0 saturated heterocycles. The van der Waals surface area contributed by atoms with E-state index in [4.69, 9.17) is 9.73 Å². The summed E-state index contributed by atoms with van der Waals surface area (Å²) in [5.74, 6) is 0.883. The van der Waals surface area contributed by atoms with Gasteiger partial charge in [-0.25, -0.2) is 0 Å². The second kappa shape index (κ2) is 14.6. The van der Waals surface area contributed by atoms with Crippen molar-refractivity contribution >= 4 is 28.4 Å².